The van der Waals surface area contributed by atoms with Gasteiger partial charge in [0.1, 0.15) is 5.75 Å². The Balaban J connectivity index is 0.000000360. The molecule has 4 rings (SSSR count). The second-order valence-electron chi connectivity index (χ2n) is 13.3. The number of ether oxygens (including phenoxy) is 1. The fourth-order valence-electron chi connectivity index (χ4n) is 6.31. The third-order valence-corrected chi connectivity index (χ3v) is 9.50. The van der Waals surface area contributed by atoms with Crippen LogP contribution >= 0.6 is 0 Å². The van der Waals surface area contributed by atoms with E-state index in [1.807, 2.05) is 26.0 Å². The molecule has 0 saturated carbocycles. The summed E-state index contributed by atoms with van der Waals surface area (Å²) in [6, 6.07) is 21.8. The van der Waals surface area contributed by atoms with Crippen LogP contribution in [-0.4, -0.2) is 116 Å². The van der Waals surface area contributed by atoms with E-state index in [2.05, 4.69) is 35.8 Å². The van der Waals surface area contributed by atoms with Crippen LogP contribution in [0, 0.1) is 11.8 Å². The largest absolute Gasteiger partial charge is 0.497 e. The van der Waals surface area contributed by atoms with Gasteiger partial charge in [-0.15, -0.1) is 0 Å². The highest BCUT2D eigenvalue weighted by Crippen LogP contribution is 2.32. The highest BCUT2D eigenvalue weighted by Gasteiger charge is 2.69. The number of Topliss-reactive ketones (excluding diaryl/α,β-unsaturated/α-hetero) is 2. The van der Waals surface area contributed by atoms with E-state index >= 15 is 0 Å². The number of piperidine rings is 1. The molecule has 3 aromatic rings. The Labute approximate surface area is 310 Å². The third kappa shape index (κ3) is 10.4. The van der Waals surface area contributed by atoms with Crippen molar-refractivity contribution in [2.24, 2.45) is 11.8 Å². The second kappa shape index (κ2) is 19.8. The maximum atomic E-state index is 12.6. The monoisotopic (exact) mass is 736 g/mol. The van der Waals surface area contributed by atoms with E-state index in [1.54, 1.807) is 7.11 Å². The van der Waals surface area contributed by atoms with Gasteiger partial charge in [-0.25, -0.2) is 9.59 Å². The van der Waals surface area contributed by atoms with Crippen molar-refractivity contribution in [1.82, 2.24) is 9.80 Å². The molecule has 0 aromatic heterocycles. The molecule has 0 spiro atoms. The zero-order valence-electron chi connectivity index (χ0n) is 30.9. The first-order valence-electron chi connectivity index (χ1n) is 17.4. The number of likely N-dealkylation sites (tertiary alicyclic amines) is 1. The summed E-state index contributed by atoms with van der Waals surface area (Å²) >= 11 is 0. The minimum absolute atomic E-state index is 0. The maximum Gasteiger partial charge on any atom is 0.348 e. The van der Waals surface area contributed by atoms with Gasteiger partial charge in [0, 0.05) is 42.7 Å². The van der Waals surface area contributed by atoms with Crippen molar-refractivity contribution in [1.29, 1.82) is 0 Å². The Morgan fingerprint density at radius 3 is 1.57 bits per heavy atom. The Morgan fingerprint density at radius 2 is 1.21 bits per heavy atom. The first-order chi connectivity index (χ1) is 24.6. The van der Waals surface area contributed by atoms with Crippen LogP contribution in [0.3, 0.4) is 0 Å². The van der Waals surface area contributed by atoms with Crippen molar-refractivity contribution in [2.75, 3.05) is 33.3 Å². The van der Waals surface area contributed by atoms with Gasteiger partial charge in [0.25, 0.3) is 11.2 Å². The molecule has 1 saturated heterocycles. The number of amides is 1. The summed E-state index contributed by atoms with van der Waals surface area (Å²) in [4.78, 5) is 65.3. The summed E-state index contributed by atoms with van der Waals surface area (Å²) in [5.74, 6) is -5.99. The SMILES string of the molecule is CCN(CC1CCN(C(=O)C(C)C)CC1)C(C)Cc1ccc(OC)cc1.O.O=C(O)C(O)(C(=O)c1ccccc1)C(O)(C(=O)O)C(=O)c1ccccc1. The molecule has 1 aliphatic rings. The molecule has 13 heteroatoms. The van der Waals surface area contributed by atoms with Crippen molar-refractivity contribution in [2.45, 2.75) is 64.2 Å². The molecule has 1 heterocycles. The predicted molar refractivity (Wildman–Crippen MR) is 198 cm³/mol. The van der Waals surface area contributed by atoms with E-state index in [9.17, 15) is 44.4 Å². The van der Waals surface area contributed by atoms with Crippen LogP contribution in [0.15, 0.2) is 84.9 Å². The van der Waals surface area contributed by atoms with Gasteiger partial charge in [-0.1, -0.05) is 93.6 Å². The number of hydrogen-bond acceptors (Lipinski definition) is 9. The van der Waals surface area contributed by atoms with Crippen LogP contribution in [0.2, 0.25) is 0 Å². The average Bonchev–Trinajstić information content (AvgIpc) is 3.16. The van der Waals surface area contributed by atoms with Crippen molar-refractivity contribution >= 4 is 29.4 Å². The highest BCUT2D eigenvalue weighted by molar-refractivity contribution is 6.28. The first kappa shape index (κ1) is 44.2. The van der Waals surface area contributed by atoms with Gasteiger partial charge < -0.3 is 40.4 Å². The van der Waals surface area contributed by atoms with Gasteiger partial charge in [0.05, 0.1) is 7.11 Å². The number of carbonyl (C=O) groups excluding carboxylic acids is 3. The minimum Gasteiger partial charge on any atom is -0.497 e. The number of aliphatic hydroxyl groups is 2. The van der Waals surface area contributed by atoms with Crippen LogP contribution in [0.25, 0.3) is 0 Å². The number of likely N-dealkylation sites (N-methyl/N-ethyl adjacent to an activating group) is 1. The number of carboxylic acids is 2. The van der Waals surface area contributed by atoms with Crippen LogP contribution < -0.4 is 4.74 Å². The number of carboxylic acid groups (broad SMARTS) is 2. The maximum absolute atomic E-state index is 12.6. The average molecular weight is 737 g/mol. The van der Waals surface area contributed by atoms with Gasteiger partial charge in [-0.2, -0.15) is 0 Å². The number of nitrogens with zero attached hydrogens (tertiary/aromatic N) is 2. The normalized spacial score (nSPS) is 15.8. The second-order valence-corrected chi connectivity index (χ2v) is 13.3. The summed E-state index contributed by atoms with van der Waals surface area (Å²) in [6.07, 6.45) is 3.32. The summed E-state index contributed by atoms with van der Waals surface area (Å²) in [7, 11) is 1.70. The highest BCUT2D eigenvalue weighted by atomic mass is 16.5. The summed E-state index contributed by atoms with van der Waals surface area (Å²) < 4.78 is 5.25. The first-order valence-corrected chi connectivity index (χ1v) is 17.4. The van der Waals surface area contributed by atoms with E-state index in [0.717, 1.165) is 75.5 Å². The molecule has 3 unspecified atom stereocenters. The number of carbonyl (C=O) groups is 5. The summed E-state index contributed by atoms with van der Waals surface area (Å²) in [5.41, 5.74) is -7.33. The van der Waals surface area contributed by atoms with Crippen LogP contribution in [0.1, 0.15) is 66.8 Å². The van der Waals surface area contributed by atoms with Crippen molar-refractivity contribution in [3.63, 3.8) is 0 Å². The fourth-order valence-corrected chi connectivity index (χ4v) is 6.31. The van der Waals surface area contributed by atoms with E-state index < -0.39 is 45.8 Å². The number of methoxy groups -OCH3 is 1. The van der Waals surface area contributed by atoms with Crippen molar-refractivity contribution < 1.29 is 54.6 Å². The zero-order chi connectivity index (χ0) is 38.6. The van der Waals surface area contributed by atoms with Gasteiger partial charge in [-0.05, 0) is 56.3 Å². The van der Waals surface area contributed by atoms with Gasteiger partial charge >= 0.3 is 11.9 Å². The van der Waals surface area contributed by atoms with Gasteiger partial charge in [0.15, 0.2) is 0 Å². The summed E-state index contributed by atoms with van der Waals surface area (Å²) in [5, 5.41) is 39.9. The summed E-state index contributed by atoms with van der Waals surface area (Å²) in [6.45, 7) is 12.6. The predicted octanol–water partition coefficient (Wildman–Crippen LogP) is 3.40. The molecule has 1 fully saturated rings. The molecule has 6 N–H and O–H groups in total. The standard InChI is InChI=1S/C22H36N2O2.C18H14O8.H2O/c1-6-23(18(4)15-19-7-9-21(26-5)10-8-19)16-20-11-13-24(14-12-20)22(25)17(2)3;19-13(11-7-3-1-4-8-11)17(25,15(21)22)18(26,16(23)24)14(20)12-9-5-2-6-10-12;/h7-10,17-18,20H,6,11-16H2,1-5H3;1-10,25-26H,(H,21,22)(H,23,24);1H2. The third-order valence-electron chi connectivity index (χ3n) is 9.50. The van der Waals surface area contributed by atoms with Crippen molar-refractivity contribution in [3.8, 4) is 5.75 Å². The van der Waals surface area contributed by atoms with Gasteiger partial charge in [0.2, 0.25) is 17.5 Å². The Kier molecular flexibility index (Phi) is 16.5. The molecule has 0 radical (unpaired) electrons. The molecule has 1 aliphatic heterocycles. The van der Waals surface area contributed by atoms with Crippen LogP contribution in [-0.2, 0) is 20.8 Å². The van der Waals surface area contributed by atoms with Crippen molar-refractivity contribution in [3.05, 3.63) is 102 Å². The molecule has 0 aliphatic carbocycles. The lowest BCUT2D eigenvalue weighted by Gasteiger charge is -2.37. The fraction of sp³-hybridized carbons (Fsp3) is 0.425. The molecule has 3 atom stereocenters. The number of benzene rings is 3. The molecule has 3 aromatic carbocycles. The Bertz CT molecular complexity index is 1590. The molecule has 288 valence electrons. The Hall–Kier alpha value is -4.95. The quantitative estimate of drug-likeness (QED) is 0.131. The topological polar surface area (TPSA) is 213 Å². The van der Waals surface area contributed by atoms with E-state index in [4.69, 9.17) is 4.74 Å². The Morgan fingerprint density at radius 1 is 0.774 bits per heavy atom. The number of aliphatic carboxylic acids is 2. The molecule has 1 amide bonds. The molecule has 0 bridgehead atoms. The van der Waals surface area contributed by atoms with E-state index in [-0.39, 0.29) is 11.4 Å². The molecule has 53 heavy (non-hydrogen) atoms. The van der Waals surface area contributed by atoms with E-state index in [1.165, 1.54) is 42.0 Å². The lowest BCUT2D eigenvalue weighted by atomic mass is 9.73. The van der Waals surface area contributed by atoms with E-state index in [0.29, 0.717) is 17.9 Å². The lowest BCUT2D eigenvalue weighted by Crippen LogP contribution is -2.71. The zero-order valence-corrected chi connectivity index (χ0v) is 30.9. The molecular weight excluding hydrogens is 684 g/mol. The van der Waals surface area contributed by atoms with Gasteiger partial charge in [-0.3, -0.25) is 14.4 Å². The smallest absolute Gasteiger partial charge is 0.348 e. The lowest BCUT2D eigenvalue weighted by molar-refractivity contribution is -0.187. The minimum atomic E-state index is -3.95. The number of ketones is 2. The van der Waals surface area contributed by atoms with Crippen LogP contribution in [0.5, 0.6) is 5.75 Å². The number of hydrogen-bond donors (Lipinski definition) is 4. The number of rotatable bonds is 15. The molecular formula is C40H52N2O11. The molecule has 13 nitrogen and oxygen atoms in total. The van der Waals surface area contributed by atoms with Crippen LogP contribution in [0.4, 0.5) is 0 Å².